The van der Waals surface area contributed by atoms with Crippen molar-refractivity contribution in [2.45, 2.75) is 64.0 Å². The first-order valence-electron chi connectivity index (χ1n) is 9.76. The minimum atomic E-state index is -0.540. The van der Waals surface area contributed by atoms with E-state index >= 15 is 0 Å². The molecule has 1 fully saturated rings. The van der Waals surface area contributed by atoms with E-state index in [9.17, 15) is 9.90 Å². The molecule has 0 aliphatic heterocycles. The van der Waals surface area contributed by atoms with Crippen molar-refractivity contribution in [1.82, 2.24) is 10.6 Å². The van der Waals surface area contributed by atoms with Crippen molar-refractivity contribution in [2.75, 3.05) is 27.2 Å². The fourth-order valence-electron chi connectivity index (χ4n) is 3.43. The van der Waals surface area contributed by atoms with Crippen molar-refractivity contribution in [1.29, 1.82) is 0 Å². The molecule has 0 heterocycles. The number of carbonyl (C=O) groups is 1. The second-order valence-corrected chi connectivity index (χ2v) is 6.96. The molecule has 0 saturated heterocycles. The van der Waals surface area contributed by atoms with Gasteiger partial charge in [-0.1, -0.05) is 44.7 Å². The molecule has 1 aromatic carbocycles. The molecule has 0 spiro atoms. The number of aryl methyl sites for hydroxylation is 1. The number of rotatable bonds is 9. The van der Waals surface area contributed by atoms with Gasteiger partial charge in [0, 0.05) is 59.9 Å². The van der Waals surface area contributed by atoms with Gasteiger partial charge in [-0.2, -0.15) is 0 Å². The van der Waals surface area contributed by atoms with Crippen LogP contribution in [0, 0.1) is 48.7 Å². The summed E-state index contributed by atoms with van der Waals surface area (Å²) in [5.41, 5.74) is 2.14. The molecule has 1 aliphatic rings. The number of nitrogens with one attached hydrogen (secondary N) is 2. The van der Waals surface area contributed by atoms with Gasteiger partial charge in [-0.15, -0.1) is 0 Å². The van der Waals surface area contributed by atoms with Crippen molar-refractivity contribution in [3.8, 4) is 5.75 Å². The van der Waals surface area contributed by atoms with Crippen LogP contribution in [-0.4, -0.2) is 44.2 Å². The Bertz CT molecular complexity index is 521. The Morgan fingerprint density at radius 2 is 1.93 bits per heavy atom. The molecule has 1 radical (unpaired) electrons. The average molecular weight is 520 g/mol. The molecule has 0 bridgehead atoms. The van der Waals surface area contributed by atoms with Gasteiger partial charge >= 0.3 is 0 Å². The Morgan fingerprint density at radius 1 is 1.25 bits per heavy atom. The minimum Gasteiger partial charge on any atom is -0.496 e. The third-order valence-electron chi connectivity index (χ3n) is 4.79. The second-order valence-electron chi connectivity index (χ2n) is 6.96. The number of ether oxygens (including phenoxy) is 1. The summed E-state index contributed by atoms with van der Waals surface area (Å²) in [4.78, 5) is 10.0. The van der Waals surface area contributed by atoms with Crippen molar-refractivity contribution < 1.29 is 55.9 Å². The van der Waals surface area contributed by atoms with E-state index in [4.69, 9.17) is 4.74 Å². The van der Waals surface area contributed by atoms with E-state index in [-0.39, 0.29) is 48.7 Å². The summed E-state index contributed by atoms with van der Waals surface area (Å²) in [5.74, 6) is 0.991. The van der Waals surface area contributed by atoms with Gasteiger partial charge in [0.1, 0.15) is 12.0 Å². The summed E-state index contributed by atoms with van der Waals surface area (Å²) in [6, 6.07) is 6.26. The summed E-state index contributed by atoms with van der Waals surface area (Å²) < 4.78 is 5.34. The number of methoxy groups -OCH3 is 1. The van der Waals surface area contributed by atoms with Crippen LogP contribution in [0.4, 0.5) is 0 Å². The molecule has 1 saturated carbocycles. The van der Waals surface area contributed by atoms with Crippen LogP contribution < -0.4 is 15.4 Å². The van der Waals surface area contributed by atoms with Crippen molar-refractivity contribution in [3.63, 3.8) is 0 Å². The molecule has 1 aromatic rings. The normalized spacial score (nSPS) is 14.6. The molecular weight excluding hydrogens is 481 g/mol. The molecule has 0 atom stereocenters. The van der Waals surface area contributed by atoms with Gasteiger partial charge in [0.15, 0.2) is 0 Å². The molecule has 159 valence electrons. The fraction of sp³-hybridized carbons (Fsp3) is 0.636. The summed E-state index contributed by atoms with van der Waals surface area (Å²) in [6.07, 6.45) is 8.32. The topological polar surface area (TPSA) is 70.6 Å². The van der Waals surface area contributed by atoms with E-state index in [1.807, 2.05) is 13.1 Å². The van der Waals surface area contributed by atoms with Crippen LogP contribution in [0.15, 0.2) is 18.2 Å². The van der Waals surface area contributed by atoms with Gasteiger partial charge < -0.3 is 32.7 Å². The standard InChI is InChI=1S/C12H19NO.C9H17NO2.CH3.Pr/c1-4-6-10-7-5-8-12(14-3)11(10)9-13-2;11-7-6-10-8-9(12)4-2-1-3-5-9;;/h5,7-8,13H,4,6,9H2,1-3H3;7,10,12H,1-6,8H2;1H3;/q;;-1;. The SMILES string of the molecule is CCCc1cccc(OC)c1CNC.O=CCNCC1(O)CCCCC1.[CH3-].[Pr]. The van der Waals surface area contributed by atoms with Gasteiger partial charge in [0.05, 0.1) is 19.3 Å². The van der Waals surface area contributed by atoms with E-state index in [0.29, 0.717) is 13.1 Å². The third kappa shape index (κ3) is 11.2. The summed E-state index contributed by atoms with van der Waals surface area (Å²) in [6.45, 7) is 3.98. The predicted octanol–water partition coefficient (Wildman–Crippen LogP) is 3.29. The van der Waals surface area contributed by atoms with E-state index in [1.165, 1.54) is 24.0 Å². The van der Waals surface area contributed by atoms with E-state index < -0.39 is 5.60 Å². The number of hydrogen-bond donors (Lipinski definition) is 3. The summed E-state index contributed by atoms with van der Waals surface area (Å²) in [7, 11) is 3.69. The monoisotopic (exact) mass is 520 g/mol. The zero-order valence-electron chi connectivity index (χ0n) is 18.2. The van der Waals surface area contributed by atoms with Gasteiger partial charge in [-0.05, 0) is 37.9 Å². The molecular formula is C22H39N2O3Pr-. The van der Waals surface area contributed by atoms with Gasteiger partial charge in [0.2, 0.25) is 0 Å². The fourth-order valence-corrected chi connectivity index (χ4v) is 3.43. The van der Waals surface area contributed by atoms with Crippen LogP contribution >= 0.6 is 0 Å². The van der Waals surface area contributed by atoms with Gasteiger partial charge in [0.25, 0.3) is 0 Å². The first-order valence-corrected chi connectivity index (χ1v) is 9.76. The summed E-state index contributed by atoms with van der Waals surface area (Å²) >= 11 is 0. The van der Waals surface area contributed by atoms with Crippen LogP contribution in [0.2, 0.25) is 0 Å². The molecule has 2 rings (SSSR count). The zero-order chi connectivity index (χ0) is 19.3. The molecule has 5 nitrogen and oxygen atoms in total. The quantitative estimate of drug-likeness (QED) is 0.265. The second kappa shape index (κ2) is 17.8. The first kappa shape index (κ1) is 30.1. The van der Waals surface area contributed by atoms with Crippen LogP contribution in [0.5, 0.6) is 5.75 Å². The number of aldehydes is 1. The minimum absolute atomic E-state index is 0. The average Bonchev–Trinajstić information content (AvgIpc) is 2.65. The predicted molar refractivity (Wildman–Crippen MR) is 113 cm³/mol. The van der Waals surface area contributed by atoms with Crippen molar-refractivity contribution in [3.05, 3.63) is 36.8 Å². The number of benzene rings is 1. The van der Waals surface area contributed by atoms with Gasteiger partial charge in [-0.25, -0.2) is 0 Å². The molecule has 3 N–H and O–H groups in total. The van der Waals surface area contributed by atoms with Crippen LogP contribution in [0.3, 0.4) is 0 Å². The molecule has 0 aromatic heterocycles. The maximum Gasteiger partial charge on any atom is 0.133 e. The van der Waals surface area contributed by atoms with E-state index in [1.54, 1.807) is 7.11 Å². The Balaban J connectivity index is 0. The maximum atomic E-state index is 10.0. The molecule has 6 heteroatoms. The Kier molecular flexibility index (Phi) is 19.1. The first-order chi connectivity index (χ1) is 12.6. The number of aliphatic hydroxyl groups is 1. The van der Waals surface area contributed by atoms with E-state index in [0.717, 1.165) is 50.7 Å². The Morgan fingerprint density at radius 3 is 2.46 bits per heavy atom. The van der Waals surface area contributed by atoms with E-state index in [2.05, 4.69) is 29.7 Å². The van der Waals surface area contributed by atoms with Gasteiger partial charge in [-0.3, -0.25) is 0 Å². The molecule has 1 aliphatic carbocycles. The summed E-state index contributed by atoms with van der Waals surface area (Å²) in [5, 5.41) is 16.0. The molecule has 0 unspecified atom stereocenters. The molecule has 28 heavy (non-hydrogen) atoms. The molecule has 0 amide bonds. The maximum absolute atomic E-state index is 10.0. The number of hydrogen-bond acceptors (Lipinski definition) is 5. The van der Waals surface area contributed by atoms with Crippen molar-refractivity contribution >= 4 is 6.29 Å². The third-order valence-corrected chi connectivity index (χ3v) is 4.79. The largest absolute Gasteiger partial charge is 0.496 e. The van der Waals surface area contributed by atoms with Crippen molar-refractivity contribution in [2.24, 2.45) is 0 Å². The zero-order valence-corrected chi connectivity index (χ0v) is 21.9. The smallest absolute Gasteiger partial charge is 0.133 e. The Labute approximate surface area is 205 Å². The van der Waals surface area contributed by atoms with Crippen LogP contribution in [0.1, 0.15) is 56.6 Å². The van der Waals surface area contributed by atoms with Crippen LogP contribution in [0.25, 0.3) is 0 Å². The van der Waals surface area contributed by atoms with Crippen LogP contribution in [-0.2, 0) is 17.8 Å². The Hall–Kier alpha value is -0.0664. The number of carbonyl (C=O) groups excluding carboxylic acids is 1.